The van der Waals surface area contributed by atoms with Crippen molar-refractivity contribution in [1.82, 2.24) is 28.9 Å². The van der Waals surface area contributed by atoms with Crippen molar-refractivity contribution in [1.29, 1.82) is 0 Å². The molecule has 0 spiro atoms. The van der Waals surface area contributed by atoms with Gasteiger partial charge in [-0.1, -0.05) is 6.92 Å². The van der Waals surface area contributed by atoms with Crippen LogP contribution in [0.25, 0.3) is 11.2 Å². The molecule has 0 atom stereocenters. The summed E-state index contributed by atoms with van der Waals surface area (Å²) < 4.78 is 6.63. The average Bonchev–Trinajstić information content (AvgIpc) is 3.00. The van der Waals surface area contributed by atoms with E-state index < -0.39 is 0 Å². The van der Waals surface area contributed by atoms with Gasteiger partial charge in [-0.15, -0.1) is 0 Å². The second kappa shape index (κ2) is 4.34. The van der Waals surface area contributed by atoms with Crippen LogP contribution in [0.5, 0.6) is 0 Å². The first-order valence-corrected chi connectivity index (χ1v) is 6.63. The van der Waals surface area contributed by atoms with Crippen molar-refractivity contribution < 1.29 is 0 Å². The number of fused-ring (bicyclic) bond motifs is 1. The molecule has 0 bridgehead atoms. The van der Waals surface area contributed by atoms with Gasteiger partial charge >= 0.3 is 0 Å². The lowest BCUT2D eigenvalue weighted by atomic mass is 10.3. The number of rotatable bonds is 3. The number of aromatic nitrogens is 6. The first-order valence-electron chi connectivity index (χ1n) is 6.22. The van der Waals surface area contributed by atoms with Gasteiger partial charge < -0.3 is 9.55 Å². The minimum atomic E-state index is 0.644. The quantitative estimate of drug-likeness (QED) is 0.742. The predicted molar refractivity (Wildman–Crippen MR) is 75.6 cm³/mol. The fourth-order valence-corrected chi connectivity index (χ4v) is 2.62. The Kier molecular flexibility index (Phi) is 2.78. The summed E-state index contributed by atoms with van der Waals surface area (Å²) in [4.78, 5) is 7.60. The second-order valence-electron chi connectivity index (χ2n) is 4.59. The maximum atomic E-state index is 5.42. The number of aromatic amines is 1. The van der Waals surface area contributed by atoms with Gasteiger partial charge in [0.15, 0.2) is 10.4 Å². The molecular weight excluding hydrogens is 260 g/mol. The van der Waals surface area contributed by atoms with Crippen LogP contribution < -0.4 is 0 Å². The van der Waals surface area contributed by atoms with Crippen molar-refractivity contribution in [3.8, 4) is 0 Å². The molecule has 3 aromatic rings. The van der Waals surface area contributed by atoms with Gasteiger partial charge in [0.25, 0.3) is 0 Å². The molecule has 0 saturated heterocycles. The fourth-order valence-electron chi connectivity index (χ4n) is 2.36. The predicted octanol–water partition coefficient (Wildman–Crippen LogP) is 1.78. The van der Waals surface area contributed by atoms with Crippen molar-refractivity contribution in [2.45, 2.75) is 19.9 Å². The average molecular weight is 276 g/mol. The Morgan fingerprint density at radius 1 is 1.37 bits per heavy atom. The van der Waals surface area contributed by atoms with E-state index in [0.717, 1.165) is 29.1 Å². The largest absolute Gasteiger partial charge is 0.337 e. The van der Waals surface area contributed by atoms with Crippen LogP contribution in [0.15, 0.2) is 12.4 Å². The first-order chi connectivity index (χ1) is 9.11. The summed E-state index contributed by atoms with van der Waals surface area (Å²) in [6.45, 7) is 2.74. The third-order valence-corrected chi connectivity index (χ3v) is 3.70. The molecule has 3 aromatic heterocycles. The topological polar surface area (TPSA) is 56.4 Å². The number of H-pyrrole nitrogens is 1. The minimum Gasteiger partial charge on any atom is -0.337 e. The maximum absolute atomic E-state index is 5.42. The van der Waals surface area contributed by atoms with Crippen LogP contribution in [0, 0.1) is 4.77 Å². The van der Waals surface area contributed by atoms with Gasteiger partial charge in [-0.05, 0) is 18.6 Å². The number of imidazole rings is 2. The van der Waals surface area contributed by atoms with Gasteiger partial charge in [-0.3, -0.25) is 9.25 Å². The van der Waals surface area contributed by atoms with E-state index in [9.17, 15) is 0 Å². The summed E-state index contributed by atoms with van der Waals surface area (Å²) in [6.07, 6.45) is 4.61. The van der Waals surface area contributed by atoms with Crippen molar-refractivity contribution >= 4 is 23.4 Å². The van der Waals surface area contributed by atoms with Gasteiger partial charge in [-0.25, -0.2) is 4.98 Å². The molecule has 19 heavy (non-hydrogen) atoms. The third-order valence-electron chi connectivity index (χ3n) is 3.38. The molecule has 3 heterocycles. The lowest BCUT2D eigenvalue weighted by Crippen LogP contribution is -2.08. The molecule has 7 heteroatoms. The van der Waals surface area contributed by atoms with Crippen LogP contribution in [-0.2, 0) is 27.1 Å². The second-order valence-corrected chi connectivity index (χ2v) is 4.98. The molecule has 0 aliphatic heterocycles. The van der Waals surface area contributed by atoms with Crippen molar-refractivity contribution in [2.24, 2.45) is 14.1 Å². The normalized spacial score (nSPS) is 11.5. The Hall–Kier alpha value is -1.89. The van der Waals surface area contributed by atoms with E-state index in [2.05, 4.69) is 22.0 Å². The standard InChI is InChI=1S/C12H16N6S/c1-4-8-10-11(17(3)15-8)18(12(19)14-10)7-9-13-5-6-16(9)2/h5-6H,4,7H2,1-3H3,(H,14,19). The molecule has 0 amide bonds. The number of aryl methyl sites for hydroxylation is 3. The van der Waals surface area contributed by atoms with Gasteiger partial charge in [0.2, 0.25) is 0 Å². The van der Waals surface area contributed by atoms with Crippen LogP contribution in [0.2, 0.25) is 0 Å². The molecule has 0 aromatic carbocycles. The molecular formula is C12H16N6S. The fraction of sp³-hybridized carbons (Fsp3) is 0.417. The summed E-state index contributed by atoms with van der Waals surface area (Å²) in [5.41, 5.74) is 3.09. The number of hydrogen-bond donors (Lipinski definition) is 1. The van der Waals surface area contributed by atoms with Gasteiger partial charge in [0.1, 0.15) is 11.3 Å². The SMILES string of the molecule is CCc1nn(C)c2c1[nH]c(=S)n2Cc1nccn1C. The smallest absolute Gasteiger partial charge is 0.179 e. The zero-order valence-corrected chi connectivity index (χ0v) is 12.0. The number of nitrogens with zero attached hydrogens (tertiary/aromatic N) is 5. The summed E-state index contributed by atoms with van der Waals surface area (Å²) in [6, 6.07) is 0. The Morgan fingerprint density at radius 3 is 2.79 bits per heavy atom. The van der Waals surface area contributed by atoms with Crippen LogP contribution in [0.3, 0.4) is 0 Å². The van der Waals surface area contributed by atoms with Gasteiger partial charge in [0, 0.05) is 26.5 Å². The lowest BCUT2D eigenvalue weighted by molar-refractivity contribution is 0.670. The zero-order valence-electron chi connectivity index (χ0n) is 11.2. The molecule has 0 aliphatic carbocycles. The van der Waals surface area contributed by atoms with E-state index in [1.54, 1.807) is 6.20 Å². The zero-order chi connectivity index (χ0) is 13.6. The molecule has 3 rings (SSSR count). The molecule has 6 nitrogen and oxygen atoms in total. The minimum absolute atomic E-state index is 0.644. The maximum Gasteiger partial charge on any atom is 0.179 e. The molecule has 0 aliphatic rings. The van der Waals surface area contributed by atoms with Gasteiger partial charge in [-0.2, -0.15) is 5.10 Å². The Morgan fingerprint density at radius 2 is 2.16 bits per heavy atom. The third kappa shape index (κ3) is 1.81. The summed E-state index contributed by atoms with van der Waals surface area (Å²) >= 11 is 5.42. The summed E-state index contributed by atoms with van der Waals surface area (Å²) in [7, 11) is 3.93. The van der Waals surface area contributed by atoms with Crippen molar-refractivity contribution in [3.63, 3.8) is 0 Å². The molecule has 0 saturated carbocycles. The number of nitrogens with one attached hydrogen (secondary N) is 1. The van der Waals surface area contributed by atoms with Crippen LogP contribution in [0.1, 0.15) is 18.4 Å². The molecule has 0 unspecified atom stereocenters. The van der Waals surface area contributed by atoms with Crippen LogP contribution in [0.4, 0.5) is 0 Å². The summed E-state index contributed by atoms with van der Waals surface area (Å²) in [5, 5.41) is 4.51. The highest BCUT2D eigenvalue weighted by Crippen LogP contribution is 2.19. The summed E-state index contributed by atoms with van der Waals surface area (Å²) in [5.74, 6) is 0.969. The Labute approximate surface area is 115 Å². The lowest BCUT2D eigenvalue weighted by Gasteiger charge is -2.05. The van der Waals surface area contributed by atoms with Crippen molar-refractivity contribution in [3.05, 3.63) is 28.7 Å². The van der Waals surface area contributed by atoms with Crippen molar-refractivity contribution in [2.75, 3.05) is 0 Å². The first kappa shape index (κ1) is 12.2. The van der Waals surface area contributed by atoms with E-state index in [4.69, 9.17) is 12.2 Å². The van der Waals surface area contributed by atoms with E-state index in [1.165, 1.54) is 0 Å². The molecule has 1 N–H and O–H groups in total. The Balaban J connectivity index is 2.18. The number of hydrogen-bond acceptors (Lipinski definition) is 3. The monoisotopic (exact) mass is 276 g/mol. The highest BCUT2D eigenvalue weighted by molar-refractivity contribution is 7.71. The van der Waals surface area contributed by atoms with Gasteiger partial charge in [0.05, 0.1) is 12.2 Å². The van der Waals surface area contributed by atoms with E-state index in [1.807, 2.05) is 34.1 Å². The molecule has 100 valence electrons. The molecule has 0 radical (unpaired) electrons. The highest BCUT2D eigenvalue weighted by atomic mass is 32.1. The van der Waals surface area contributed by atoms with E-state index in [-0.39, 0.29) is 0 Å². The molecule has 0 fully saturated rings. The van der Waals surface area contributed by atoms with Crippen LogP contribution >= 0.6 is 12.2 Å². The van der Waals surface area contributed by atoms with E-state index >= 15 is 0 Å². The van der Waals surface area contributed by atoms with Crippen LogP contribution in [-0.4, -0.2) is 28.9 Å². The van der Waals surface area contributed by atoms with E-state index in [0.29, 0.717) is 11.3 Å². The highest BCUT2D eigenvalue weighted by Gasteiger charge is 2.15. The Bertz CT molecular complexity index is 787.